The van der Waals surface area contributed by atoms with Gasteiger partial charge in [-0.3, -0.25) is 9.48 Å². The summed E-state index contributed by atoms with van der Waals surface area (Å²) in [6, 6.07) is 8.09. The van der Waals surface area contributed by atoms with Crippen molar-refractivity contribution in [2.45, 2.75) is 13.5 Å². The topological polar surface area (TPSA) is 60.1 Å². The van der Waals surface area contributed by atoms with Crippen molar-refractivity contribution >= 4 is 27.7 Å². The van der Waals surface area contributed by atoms with Gasteiger partial charge >= 0.3 is 0 Å². The summed E-state index contributed by atoms with van der Waals surface area (Å²) in [6.45, 7) is 1.98. The summed E-state index contributed by atoms with van der Waals surface area (Å²) in [5.74, 6) is 0.295. The molecule has 0 atom stereocenters. The molecular weight excluding hydrogens is 365 g/mol. The molecule has 0 saturated carbocycles. The molecule has 0 unspecified atom stereocenters. The van der Waals surface area contributed by atoms with Crippen molar-refractivity contribution in [2.24, 2.45) is 0 Å². The number of carbonyl (C=O) groups is 1. The summed E-state index contributed by atoms with van der Waals surface area (Å²) < 4.78 is 21.0. The third kappa shape index (κ3) is 3.34. The van der Waals surface area contributed by atoms with E-state index >= 15 is 0 Å². The smallest absolute Gasteiger partial charge is 0.260 e. The second kappa shape index (κ2) is 6.37. The zero-order valence-corrected chi connectivity index (χ0v) is 13.8. The fourth-order valence-electron chi connectivity index (χ4n) is 2.16. The molecule has 0 aliphatic heterocycles. The van der Waals surface area contributed by atoms with E-state index < -0.39 is 0 Å². The third-order valence-corrected chi connectivity index (χ3v) is 3.92. The van der Waals surface area contributed by atoms with Crippen LogP contribution in [-0.2, 0) is 6.54 Å². The van der Waals surface area contributed by atoms with Crippen molar-refractivity contribution in [2.75, 3.05) is 5.32 Å². The first-order valence-electron chi connectivity index (χ1n) is 6.86. The molecule has 0 radical (unpaired) electrons. The number of rotatable bonds is 4. The predicted molar refractivity (Wildman–Crippen MR) is 86.8 cm³/mol. The quantitative estimate of drug-likeness (QED) is 0.747. The van der Waals surface area contributed by atoms with E-state index in [1.165, 1.54) is 12.3 Å². The molecule has 0 fully saturated rings. The molecule has 1 amide bonds. The molecule has 5 nitrogen and oxygen atoms in total. The van der Waals surface area contributed by atoms with Crippen molar-refractivity contribution in [3.63, 3.8) is 0 Å². The molecule has 23 heavy (non-hydrogen) atoms. The van der Waals surface area contributed by atoms with Crippen LogP contribution in [0.15, 0.2) is 51.7 Å². The first-order chi connectivity index (χ1) is 11.0. The van der Waals surface area contributed by atoms with Gasteiger partial charge in [0.15, 0.2) is 5.82 Å². The highest BCUT2D eigenvalue weighted by molar-refractivity contribution is 9.10. The first kappa shape index (κ1) is 15.5. The molecule has 0 spiro atoms. The van der Waals surface area contributed by atoms with Gasteiger partial charge in [0.05, 0.1) is 22.8 Å². The Morgan fingerprint density at radius 1 is 1.39 bits per heavy atom. The minimum atomic E-state index is -0.312. The van der Waals surface area contributed by atoms with Crippen LogP contribution in [0.1, 0.15) is 21.7 Å². The van der Waals surface area contributed by atoms with Crippen molar-refractivity contribution in [3.8, 4) is 0 Å². The van der Waals surface area contributed by atoms with Gasteiger partial charge in [0.2, 0.25) is 0 Å². The van der Waals surface area contributed by atoms with Gasteiger partial charge < -0.3 is 9.73 Å². The highest BCUT2D eigenvalue weighted by Crippen LogP contribution is 2.22. The van der Waals surface area contributed by atoms with Gasteiger partial charge in [0.1, 0.15) is 11.6 Å². The Morgan fingerprint density at radius 2 is 2.17 bits per heavy atom. The van der Waals surface area contributed by atoms with Gasteiger partial charge in [-0.1, -0.05) is 18.2 Å². The van der Waals surface area contributed by atoms with Crippen LogP contribution in [0.3, 0.4) is 0 Å². The van der Waals surface area contributed by atoms with Crippen LogP contribution in [0, 0.1) is 12.7 Å². The monoisotopic (exact) mass is 377 g/mol. The van der Waals surface area contributed by atoms with Crippen LogP contribution in [0.4, 0.5) is 10.2 Å². The molecule has 3 rings (SSSR count). The van der Waals surface area contributed by atoms with Crippen molar-refractivity contribution < 1.29 is 13.6 Å². The number of amides is 1. The van der Waals surface area contributed by atoms with E-state index in [0.29, 0.717) is 27.2 Å². The van der Waals surface area contributed by atoms with Gasteiger partial charge in [0.25, 0.3) is 5.91 Å². The van der Waals surface area contributed by atoms with Crippen LogP contribution in [-0.4, -0.2) is 15.7 Å². The number of aromatic nitrogens is 2. The minimum absolute atomic E-state index is 0.270. The lowest BCUT2D eigenvalue weighted by molar-refractivity contribution is 0.102. The normalized spacial score (nSPS) is 10.7. The fraction of sp³-hybridized carbons (Fsp3) is 0.125. The maximum absolute atomic E-state index is 13.7. The van der Waals surface area contributed by atoms with E-state index in [9.17, 15) is 9.18 Å². The van der Waals surface area contributed by atoms with Crippen molar-refractivity contribution in [1.82, 2.24) is 9.78 Å². The van der Waals surface area contributed by atoms with E-state index in [2.05, 4.69) is 26.3 Å². The van der Waals surface area contributed by atoms with Crippen LogP contribution >= 0.6 is 15.9 Å². The summed E-state index contributed by atoms with van der Waals surface area (Å²) in [5, 5.41) is 6.97. The predicted octanol–water partition coefficient (Wildman–Crippen LogP) is 3.99. The summed E-state index contributed by atoms with van der Waals surface area (Å²) in [4.78, 5) is 12.2. The second-order valence-electron chi connectivity index (χ2n) is 4.96. The molecule has 0 bridgehead atoms. The van der Waals surface area contributed by atoms with Crippen LogP contribution in [0.25, 0.3) is 0 Å². The van der Waals surface area contributed by atoms with Crippen molar-refractivity contribution in [3.05, 3.63) is 70.0 Å². The standard InChI is InChI=1S/C16H13BrFN3O2/c1-10-12(6-7-23-10)16(22)19-15-13(17)9-21(20-15)8-11-4-2-3-5-14(11)18/h2-7,9H,8H2,1H3,(H,19,20,22). The lowest BCUT2D eigenvalue weighted by atomic mass is 10.2. The van der Waals surface area contributed by atoms with Crippen molar-refractivity contribution in [1.29, 1.82) is 0 Å². The Hall–Kier alpha value is -2.41. The molecule has 2 aromatic heterocycles. The van der Waals surface area contributed by atoms with Gasteiger partial charge in [-0.15, -0.1) is 0 Å². The summed E-state index contributed by atoms with van der Waals surface area (Å²) >= 11 is 3.34. The summed E-state index contributed by atoms with van der Waals surface area (Å²) in [6.07, 6.45) is 3.14. The molecule has 0 aliphatic rings. The van der Waals surface area contributed by atoms with Crippen LogP contribution in [0.2, 0.25) is 0 Å². The Kier molecular flexibility index (Phi) is 4.29. The van der Waals surface area contributed by atoms with E-state index in [-0.39, 0.29) is 18.3 Å². The summed E-state index contributed by atoms with van der Waals surface area (Å²) in [7, 11) is 0. The lowest BCUT2D eigenvalue weighted by Gasteiger charge is -2.03. The Balaban J connectivity index is 1.78. The number of benzene rings is 1. The Labute approximate surface area is 140 Å². The highest BCUT2D eigenvalue weighted by atomic mass is 79.9. The zero-order valence-electron chi connectivity index (χ0n) is 12.2. The van der Waals surface area contributed by atoms with Gasteiger partial charge in [0, 0.05) is 11.8 Å². The van der Waals surface area contributed by atoms with Crippen LogP contribution in [0.5, 0.6) is 0 Å². The number of hydrogen-bond acceptors (Lipinski definition) is 3. The number of halogens is 2. The molecule has 0 aliphatic carbocycles. The largest absolute Gasteiger partial charge is 0.469 e. The Morgan fingerprint density at radius 3 is 2.87 bits per heavy atom. The van der Waals surface area contributed by atoms with E-state index in [4.69, 9.17) is 4.42 Å². The molecular formula is C16H13BrFN3O2. The molecule has 0 saturated heterocycles. The average Bonchev–Trinajstić information content (AvgIpc) is 3.08. The molecule has 1 N–H and O–H groups in total. The number of hydrogen-bond donors (Lipinski definition) is 1. The van der Waals surface area contributed by atoms with Gasteiger partial charge in [-0.2, -0.15) is 5.10 Å². The fourth-order valence-corrected chi connectivity index (χ4v) is 2.57. The average molecular weight is 378 g/mol. The van der Waals surface area contributed by atoms with E-state index in [0.717, 1.165) is 0 Å². The first-order valence-corrected chi connectivity index (χ1v) is 7.65. The summed E-state index contributed by atoms with van der Waals surface area (Å²) in [5.41, 5.74) is 0.964. The van der Waals surface area contributed by atoms with Crippen LogP contribution < -0.4 is 5.32 Å². The lowest BCUT2D eigenvalue weighted by Crippen LogP contribution is -2.13. The number of carbonyl (C=O) groups excluding carboxylic acids is 1. The number of nitrogens with one attached hydrogen (secondary N) is 1. The molecule has 7 heteroatoms. The molecule has 118 valence electrons. The SMILES string of the molecule is Cc1occc1C(=O)Nc1nn(Cc2ccccc2F)cc1Br. The van der Waals surface area contributed by atoms with E-state index in [1.807, 2.05) is 0 Å². The molecule has 1 aromatic carbocycles. The third-order valence-electron chi connectivity index (χ3n) is 3.34. The Bertz CT molecular complexity index is 857. The maximum atomic E-state index is 13.7. The zero-order chi connectivity index (χ0) is 16.4. The molecule has 3 aromatic rings. The van der Waals surface area contributed by atoms with E-state index in [1.54, 1.807) is 42.1 Å². The second-order valence-corrected chi connectivity index (χ2v) is 5.81. The van der Waals surface area contributed by atoms with Gasteiger partial charge in [-0.25, -0.2) is 4.39 Å². The number of nitrogens with zero attached hydrogens (tertiary/aromatic N) is 2. The number of aryl methyl sites for hydroxylation is 1. The highest BCUT2D eigenvalue weighted by Gasteiger charge is 2.15. The molecule has 2 heterocycles. The number of anilines is 1. The minimum Gasteiger partial charge on any atom is -0.469 e. The number of furan rings is 1. The maximum Gasteiger partial charge on any atom is 0.260 e. The van der Waals surface area contributed by atoms with Gasteiger partial charge in [-0.05, 0) is 35.0 Å².